The Kier molecular flexibility index (Phi) is 6.30. The second kappa shape index (κ2) is 9.29. The van der Waals surface area contributed by atoms with Gasteiger partial charge in [0.05, 0.1) is 12.2 Å². The number of nitrogens with zero attached hydrogens (tertiary/aromatic N) is 1. The summed E-state index contributed by atoms with van der Waals surface area (Å²) in [5.41, 5.74) is 2.26. The van der Waals surface area contributed by atoms with Crippen LogP contribution in [0.25, 0.3) is 0 Å². The summed E-state index contributed by atoms with van der Waals surface area (Å²) in [5, 5.41) is 5.71. The molecule has 1 heterocycles. The van der Waals surface area contributed by atoms with E-state index in [9.17, 15) is 9.59 Å². The Morgan fingerprint density at radius 3 is 2.19 bits per heavy atom. The fourth-order valence-corrected chi connectivity index (χ4v) is 2.69. The third-order valence-corrected chi connectivity index (χ3v) is 4.11. The lowest BCUT2D eigenvalue weighted by atomic mass is 10.0. The van der Waals surface area contributed by atoms with E-state index < -0.39 is 6.04 Å². The number of amides is 2. The lowest BCUT2D eigenvalue weighted by molar-refractivity contribution is -0.123. The van der Waals surface area contributed by atoms with E-state index in [1.54, 1.807) is 30.5 Å². The summed E-state index contributed by atoms with van der Waals surface area (Å²) in [7, 11) is 0. The molecule has 5 nitrogen and oxygen atoms in total. The van der Waals surface area contributed by atoms with E-state index in [-0.39, 0.29) is 11.8 Å². The van der Waals surface area contributed by atoms with E-state index in [2.05, 4.69) is 15.6 Å². The first-order chi connectivity index (χ1) is 13.2. The molecular formula is C22H21N3O2. The molecule has 1 aromatic heterocycles. The predicted molar refractivity (Wildman–Crippen MR) is 104 cm³/mol. The average molecular weight is 359 g/mol. The number of carbonyl (C=O) groups excluding carboxylic acids is 2. The molecule has 27 heavy (non-hydrogen) atoms. The number of pyridine rings is 1. The molecule has 0 spiro atoms. The maximum atomic E-state index is 12.7. The Morgan fingerprint density at radius 2 is 1.52 bits per heavy atom. The van der Waals surface area contributed by atoms with Gasteiger partial charge in [-0.2, -0.15) is 0 Å². The Hall–Kier alpha value is -3.47. The number of nitrogens with one attached hydrogen (secondary N) is 2. The van der Waals surface area contributed by atoms with Gasteiger partial charge in [0.25, 0.3) is 5.91 Å². The molecular weight excluding hydrogens is 338 g/mol. The van der Waals surface area contributed by atoms with Crippen LogP contribution in [0.5, 0.6) is 0 Å². The van der Waals surface area contributed by atoms with Gasteiger partial charge in [-0.3, -0.25) is 14.6 Å². The monoisotopic (exact) mass is 359 g/mol. The second-order valence-electron chi connectivity index (χ2n) is 6.12. The van der Waals surface area contributed by atoms with Crippen molar-refractivity contribution in [3.63, 3.8) is 0 Å². The van der Waals surface area contributed by atoms with Crippen LogP contribution in [0.2, 0.25) is 0 Å². The molecule has 0 radical (unpaired) electrons. The van der Waals surface area contributed by atoms with Crippen molar-refractivity contribution in [1.29, 1.82) is 0 Å². The van der Waals surface area contributed by atoms with Crippen LogP contribution in [0, 0.1) is 0 Å². The minimum atomic E-state index is -0.677. The minimum Gasteiger partial charge on any atom is -0.349 e. The van der Waals surface area contributed by atoms with Crippen LogP contribution in [0.3, 0.4) is 0 Å². The Bertz CT molecular complexity index is 868. The van der Waals surface area contributed by atoms with Crippen LogP contribution in [0.4, 0.5) is 0 Å². The van der Waals surface area contributed by atoms with Crippen molar-refractivity contribution in [1.82, 2.24) is 15.6 Å². The van der Waals surface area contributed by atoms with E-state index in [0.29, 0.717) is 18.5 Å². The molecule has 0 bridgehead atoms. The Labute approximate surface area is 158 Å². The molecule has 2 aromatic carbocycles. The topological polar surface area (TPSA) is 71.1 Å². The quantitative estimate of drug-likeness (QED) is 0.681. The summed E-state index contributed by atoms with van der Waals surface area (Å²) in [4.78, 5) is 29.5. The van der Waals surface area contributed by atoms with Crippen LogP contribution in [-0.2, 0) is 17.8 Å². The first-order valence-corrected chi connectivity index (χ1v) is 8.80. The standard InChI is InChI=1S/C22H21N3O2/c26-21(18-11-5-2-6-12-18)25-20(15-17-9-3-1-4-10-17)22(27)24-16-19-13-7-8-14-23-19/h1-14,20H,15-16H2,(H,24,27)(H,25,26). The van der Waals surface area contributed by atoms with E-state index in [0.717, 1.165) is 11.3 Å². The molecule has 3 aromatic rings. The van der Waals surface area contributed by atoms with Crippen LogP contribution < -0.4 is 10.6 Å². The molecule has 0 saturated carbocycles. The molecule has 136 valence electrons. The molecule has 5 heteroatoms. The number of carbonyl (C=O) groups is 2. The zero-order chi connectivity index (χ0) is 18.9. The van der Waals surface area contributed by atoms with Gasteiger partial charge in [-0.05, 0) is 29.8 Å². The van der Waals surface area contributed by atoms with Crippen molar-refractivity contribution >= 4 is 11.8 Å². The third-order valence-electron chi connectivity index (χ3n) is 4.11. The highest BCUT2D eigenvalue weighted by molar-refractivity contribution is 5.97. The first kappa shape index (κ1) is 18.3. The zero-order valence-electron chi connectivity index (χ0n) is 14.8. The van der Waals surface area contributed by atoms with Gasteiger partial charge in [0.15, 0.2) is 0 Å². The number of benzene rings is 2. The maximum Gasteiger partial charge on any atom is 0.251 e. The number of hydrogen-bond acceptors (Lipinski definition) is 3. The van der Waals surface area contributed by atoms with Crippen LogP contribution in [0.15, 0.2) is 85.1 Å². The zero-order valence-corrected chi connectivity index (χ0v) is 14.8. The summed E-state index contributed by atoms with van der Waals surface area (Å²) in [6.07, 6.45) is 2.09. The molecule has 2 amide bonds. The van der Waals surface area contributed by atoms with E-state index >= 15 is 0 Å². The van der Waals surface area contributed by atoms with E-state index in [1.807, 2.05) is 54.6 Å². The molecule has 0 aliphatic heterocycles. The largest absolute Gasteiger partial charge is 0.349 e. The second-order valence-corrected chi connectivity index (χ2v) is 6.12. The number of rotatable bonds is 7. The van der Waals surface area contributed by atoms with Crippen LogP contribution in [0.1, 0.15) is 21.6 Å². The maximum absolute atomic E-state index is 12.7. The van der Waals surface area contributed by atoms with Crippen LogP contribution in [-0.4, -0.2) is 22.8 Å². The molecule has 0 aliphatic rings. The summed E-state index contributed by atoms with van der Waals surface area (Å²) < 4.78 is 0. The molecule has 1 unspecified atom stereocenters. The Balaban J connectivity index is 1.70. The van der Waals surface area contributed by atoms with Crippen LogP contribution >= 0.6 is 0 Å². The highest BCUT2D eigenvalue weighted by atomic mass is 16.2. The minimum absolute atomic E-state index is 0.242. The van der Waals surface area contributed by atoms with Gasteiger partial charge >= 0.3 is 0 Å². The van der Waals surface area contributed by atoms with Gasteiger partial charge in [-0.25, -0.2) is 0 Å². The molecule has 0 saturated heterocycles. The molecule has 3 rings (SSSR count). The molecule has 2 N–H and O–H groups in total. The summed E-state index contributed by atoms with van der Waals surface area (Å²) in [6, 6.07) is 23.4. The molecule has 1 atom stereocenters. The number of aromatic nitrogens is 1. The van der Waals surface area contributed by atoms with E-state index in [1.165, 1.54) is 0 Å². The normalized spacial score (nSPS) is 11.4. The smallest absolute Gasteiger partial charge is 0.251 e. The van der Waals surface area contributed by atoms with Gasteiger partial charge in [-0.1, -0.05) is 54.6 Å². The first-order valence-electron chi connectivity index (χ1n) is 8.80. The van der Waals surface area contributed by atoms with Crippen molar-refractivity contribution in [2.24, 2.45) is 0 Å². The van der Waals surface area contributed by atoms with Gasteiger partial charge in [0.2, 0.25) is 5.91 Å². The summed E-state index contributed by atoms with van der Waals surface area (Å²) in [5.74, 6) is -0.515. The predicted octanol–water partition coefficient (Wildman–Crippen LogP) is 2.74. The summed E-state index contributed by atoms with van der Waals surface area (Å²) >= 11 is 0. The van der Waals surface area contributed by atoms with Gasteiger partial charge in [0, 0.05) is 18.2 Å². The SMILES string of the molecule is O=C(NC(Cc1ccccc1)C(=O)NCc1ccccn1)c1ccccc1. The fraction of sp³-hybridized carbons (Fsp3) is 0.136. The van der Waals surface area contributed by atoms with Crippen molar-refractivity contribution in [2.75, 3.05) is 0 Å². The molecule has 0 aliphatic carbocycles. The average Bonchev–Trinajstić information content (AvgIpc) is 2.73. The van der Waals surface area contributed by atoms with Gasteiger partial charge < -0.3 is 10.6 Å². The highest BCUT2D eigenvalue weighted by Gasteiger charge is 2.21. The fourth-order valence-electron chi connectivity index (χ4n) is 2.69. The lowest BCUT2D eigenvalue weighted by Gasteiger charge is -2.19. The Morgan fingerprint density at radius 1 is 0.852 bits per heavy atom. The third kappa shape index (κ3) is 5.51. The molecule has 0 fully saturated rings. The van der Waals surface area contributed by atoms with Crippen molar-refractivity contribution in [3.05, 3.63) is 102 Å². The highest BCUT2D eigenvalue weighted by Crippen LogP contribution is 2.06. The van der Waals surface area contributed by atoms with Crippen molar-refractivity contribution in [2.45, 2.75) is 19.0 Å². The lowest BCUT2D eigenvalue weighted by Crippen LogP contribution is -2.47. The van der Waals surface area contributed by atoms with Crippen molar-refractivity contribution in [3.8, 4) is 0 Å². The number of hydrogen-bond donors (Lipinski definition) is 2. The van der Waals surface area contributed by atoms with Gasteiger partial charge in [-0.15, -0.1) is 0 Å². The van der Waals surface area contributed by atoms with E-state index in [4.69, 9.17) is 0 Å². The summed E-state index contributed by atoms with van der Waals surface area (Å²) in [6.45, 7) is 0.312. The van der Waals surface area contributed by atoms with Crippen molar-refractivity contribution < 1.29 is 9.59 Å². The van der Waals surface area contributed by atoms with Gasteiger partial charge in [0.1, 0.15) is 6.04 Å².